The molecule has 0 saturated carbocycles. The van der Waals surface area contributed by atoms with E-state index >= 15 is 0 Å². The van der Waals surface area contributed by atoms with Crippen LogP contribution in [0.5, 0.6) is 5.75 Å². The zero-order chi connectivity index (χ0) is 28.3. The molecule has 3 aliphatic heterocycles. The Kier molecular flexibility index (Phi) is 6.07. The molecule has 7 rings (SSSR count). The van der Waals surface area contributed by atoms with E-state index in [9.17, 15) is 15.0 Å². The predicted octanol–water partition coefficient (Wildman–Crippen LogP) is 2.71. The molecule has 0 bridgehead atoms. The first-order chi connectivity index (χ1) is 19.8. The summed E-state index contributed by atoms with van der Waals surface area (Å²) in [6.07, 6.45) is 2.08. The molecule has 2 unspecified atom stereocenters. The molecule has 1 amide bonds. The zero-order valence-corrected chi connectivity index (χ0v) is 23.3. The maximum absolute atomic E-state index is 13.2. The Labute approximate surface area is 238 Å². The molecule has 11 nitrogen and oxygen atoms in total. The predicted molar refractivity (Wildman–Crippen MR) is 155 cm³/mol. The monoisotopic (exact) mass is 554 g/mol. The lowest BCUT2D eigenvalue weighted by Gasteiger charge is -2.61. The van der Waals surface area contributed by atoms with E-state index in [1.54, 1.807) is 21.7 Å². The number of β-amino-alcohol motifs (C(OH)–C–C–N with tert-alkyl or cyclic N) is 1. The number of hydrogen-bond donors (Lipinski definition) is 2. The van der Waals surface area contributed by atoms with Crippen molar-refractivity contribution in [3.8, 4) is 17.0 Å². The van der Waals surface area contributed by atoms with Crippen LogP contribution < -0.4 is 9.80 Å². The molecule has 4 aromatic rings. The molecule has 0 radical (unpaired) electrons. The van der Waals surface area contributed by atoms with Gasteiger partial charge in [-0.15, -0.1) is 15.3 Å². The molecule has 2 atom stereocenters. The summed E-state index contributed by atoms with van der Waals surface area (Å²) in [6.45, 7) is 8.72. The van der Waals surface area contributed by atoms with E-state index in [0.29, 0.717) is 30.8 Å². The molecule has 11 heteroatoms. The number of amides is 1. The standard InChI is InChI=1S/C30H34N8O3/c1-19(2)28(29(41)35-10-9-22(39)13-35)38-14-27(33-34-38)37-17-30(18-37)15-36(16-30)21-8-7-20-11-25(32-31-24(20)12-21)23-5-3-4-6-26(23)40/h3-8,11-12,14,19,22,28,39-40H,9-10,13,15-18H2,1-2H3. The quantitative estimate of drug-likeness (QED) is 0.370. The topological polar surface area (TPSA) is 124 Å². The van der Waals surface area contributed by atoms with E-state index in [1.165, 1.54) is 0 Å². The summed E-state index contributed by atoms with van der Waals surface area (Å²) in [4.78, 5) is 19.5. The number of rotatable bonds is 6. The highest BCUT2D eigenvalue weighted by molar-refractivity contribution is 5.86. The summed E-state index contributed by atoms with van der Waals surface area (Å²) in [5, 5.41) is 38.6. The Bertz CT molecular complexity index is 1610. The molecule has 2 N–H and O–H groups in total. The summed E-state index contributed by atoms with van der Waals surface area (Å²) >= 11 is 0. The molecule has 212 valence electrons. The lowest BCUT2D eigenvalue weighted by molar-refractivity contribution is -0.135. The lowest BCUT2D eigenvalue weighted by Crippen LogP contribution is -2.72. The van der Waals surface area contributed by atoms with E-state index < -0.39 is 12.1 Å². The number of nitrogens with zero attached hydrogens (tertiary/aromatic N) is 8. The van der Waals surface area contributed by atoms with Crippen LogP contribution in [0.1, 0.15) is 26.3 Å². The van der Waals surface area contributed by atoms with Crippen molar-refractivity contribution in [2.24, 2.45) is 11.3 Å². The van der Waals surface area contributed by atoms with Gasteiger partial charge in [0.05, 0.1) is 23.5 Å². The Morgan fingerprint density at radius 3 is 2.51 bits per heavy atom. The van der Waals surface area contributed by atoms with Gasteiger partial charge in [-0.25, -0.2) is 4.68 Å². The number of phenolic OH excluding ortho intramolecular Hbond substituents is 1. The van der Waals surface area contributed by atoms with Crippen LogP contribution in [-0.4, -0.2) is 91.6 Å². The number of carbonyl (C=O) groups excluding carboxylic acids is 1. The SMILES string of the molecule is CC(C)C(C(=O)N1CCC(O)C1)n1cc(N2CC3(CN(c4ccc5cc(-c6ccccc6O)nnc5c4)C3)C2)nn1. The molecule has 2 aromatic carbocycles. The molecule has 5 heterocycles. The first-order valence-corrected chi connectivity index (χ1v) is 14.2. The van der Waals surface area contributed by atoms with Crippen LogP contribution in [0.4, 0.5) is 11.5 Å². The Morgan fingerprint density at radius 1 is 1.00 bits per heavy atom. The number of anilines is 2. The van der Waals surface area contributed by atoms with Crippen molar-refractivity contribution >= 4 is 28.3 Å². The van der Waals surface area contributed by atoms with Crippen molar-refractivity contribution < 1.29 is 15.0 Å². The maximum atomic E-state index is 13.2. The second kappa shape index (κ2) is 9.69. The first kappa shape index (κ1) is 25.7. The number of aromatic nitrogens is 5. The summed E-state index contributed by atoms with van der Waals surface area (Å²) in [7, 11) is 0. The molecular formula is C30H34N8O3. The summed E-state index contributed by atoms with van der Waals surface area (Å²) < 4.78 is 1.70. The van der Waals surface area contributed by atoms with E-state index in [0.717, 1.165) is 48.6 Å². The van der Waals surface area contributed by atoms with Crippen LogP contribution in [0, 0.1) is 11.3 Å². The largest absolute Gasteiger partial charge is 0.507 e. The number of carbonyl (C=O) groups is 1. The van der Waals surface area contributed by atoms with Crippen molar-refractivity contribution in [1.29, 1.82) is 0 Å². The molecular weight excluding hydrogens is 520 g/mol. The van der Waals surface area contributed by atoms with Crippen LogP contribution in [0.15, 0.2) is 54.7 Å². The van der Waals surface area contributed by atoms with Crippen molar-refractivity contribution in [2.75, 3.05) is 49.1 Å². The third-order valence-electron chi connectivity index (χ3n) is 8.69. The third-order valence-corrected chi connectivity index (χ3v) is 8.69. The van der Waals surface area contributed by atoms with Crippen molar-refractivity contribution in [3.63, 3.8) is 0 Å². The molecule has 3 fully saturated rings. The summed E-state index contributed by atoms with van der Waals surface area (Å²) in [6, 6.07) is 14.9. The normalized spacial score (nSPS) is 20.5. The molecule has 3 saturated heterocycles. The van der Waals surface area contributed by atoms with Crippen LogP contribution in [-0.2, 0) is 4.79 Å². The molecule has 3 aliphatic rings. The highest BCUT2D eigenvalue weighted by Gasteiger charge is 2.52. The Morgan fingerprint density at radius 2 is 1.78 bits per heavy atom. The number of benzene rings is 2. The minimum absolute atomic E-state index is 0.00257. The number of fused-ring (bicyclic) bond motifs is 1. The number of hydrogen-bond acceptors (Lipinski definition) is 9. The fraction of sp³-hybridized carbons (Fsp3) is 0.433. The van der Waals surface area contributed by atoms with Gasteiger partial charge in [0.1, 0.15) is 11.8 Å². The van der Waals surface area contributed by atoms with Crippen LogP contribution in [0.3, 0.4) is 0 Å². The number of phenols is 1. The Balaban J connectivity index is 0.986. The number of aliphatic hydroxyl groups is 1. The van der Waals surface area contributed by atoms with E-state index in [1.807, 2.05) is 38.2 Å². The number of aliphatic hydroxyl groups excluding tert-OH is 1. The van der Waals surface area contributed by atoms with Gasteiger partial charge in [-0.05, 0) is 42.7 Å². The highest BCUT2D eigenvalue weighted by atomic mass is 16.3. The van der Waals surface area contributed by atoms with E-state index in [4.69, 9.17) is 0 Å². The molecule has 0 aliphatic carbocycles. The van der Waals surface area contributed by atoms with Crippen molar-refractivity contribution in [2.45, 2.75) is 32.4 Å². The van der Waals surface area contributed by atoms with Gasteiger partial charge < -0.3 is 24.9 Å². The van der Waals surface area contributed by atoms with Crippen molar-refractivity contribution in [3.05, 3.63) is 54.7 Å². The van der Waals surface area contributed by atoms with Gasteiger partial charge in [0.25, 0.3) is 0 Å². The minimum atomic E-state index is -0.442. The van der Waals surface area contributed by atoms with Gasteiger partial charge in [0.15, 0.2) is 5.82 Å². The number of para-hydroxylation sites is 1. The zero-order valence-electron chi connectivity index (χ0n) is 23.3. The third kappa shape index (κ3) is 4.54. The first-order valence-electron chi connectivity index (χ1n) is 14.2. The van der Waals surface area contributed by atoms with Gasteiger partial charge >= 0.3 is 0 Å². The van der Waals surface area contributed by atoms with Crippen molar-refractivity contribution in [1.82, 2.24) is 30.1 Å². The minimum Gasteiger partial charge on any atom is -0.507 e. The second-order valence-corrected chi connectivity index (χ2v) is 12.2. The highest BCUT2D eigenvalue weighted by Crippen LogP contribution is 2.44. The average molecular weight is 555 g/mol. The van der Waals surface area contributed by atoms with Crippen LogP contribution in [0.25, 0.3) is 22.2 Å². The summed E-state index contributed by atoms with van der Waals surface area (Å²) in [5.41, 5.74) is 3.49. The maximum Gasteiger partial charge on any atom is 0.247 e. The number of aromatic hydroxyl groups is 1. The lowest BCUT2D eigenvalue weighted by atomic mass is 9.72. The van der Waals surface area contributed by atoms with Gasteiger partial charge in [-0.1, -0.05) is 37.3 Å². The number of likely N-dealkylation sites (tertiary alicyclic amines) is 1. The average Bonchev–Trinajstić information content (AvgIpc) is 3.56. The van der Waals surface area contributed by atoms with Gasteiger partial charge in [0.2, 0.25) is 5.91 Å². The van der Waals surface area contributed by atoms with Gasteiger partial charge in [-0.2, -0.15) is 0 Å². The Hall–Kier alpha value is -4.25. The molecule has 1 spiro atoms. The molecule has 41 heavy (non-hydrogen) atoms. The van der Waals surface area contributed by atoms with Crippen LogP contribution in [0.2, 0.25) is 0 Å². The van der Waals surface area contributed by atoms with Gasteiger partial charge in [0, 0.05) is 61.3 Å². The van der Waals surface area contributed by atoms with E-state index in [2.05, 4.69) is 48.5 Å². The smallest absolute Gasteiger partial charge is 0.247 e. The summed E-state index contributed by atoms with van der Waals surface area (Å²) in [5.74, 6) is 1.05. The molecule has 2 aromatic heterocycles. The second-order valence-electron chi connectivity index (χ2n) is 12.2. The fourth-order valence-electron chi connectivity index (χ4n) is 6.50. The van der Waals surface area contributed by atoms with Crippen LogP contribution >= 0.6 is 0 Å². The van der Waals surface area contributed by atoms with E-state index in [-0.39, 0.29) is 23.0 Å². The van der Waals surface area contributed by atoms with Gasteiger partial charge in [-0.3, -0.25) is 4.79 Å². The fourth-order valence-corrected chi connectivity index (χ4v) is 6.50.